The fraction of sp³-hybridized carbons (Fsp3) is 0.125. The Morgan fingerprint density at radius 3 is 2.06 bits per heavy atom. The van der Waals surface area contributed by atoms with E-state index in [-0.39, 0.29) is 24.7 Å². The van der Waals surface area contributed by atoms with Gasteiger partial charge in [0.2, 0.25) is 11.8 Å². The van der Waals surface area contributed by atoms with Crippen molar-refractivity contribution in [3.8, 4) is 0 Å². The predicted octanol–water partition coefficient (Wildman–Crippen LogP) is 6.27. The van der Waals surface area contributed by atoms with Gasteiger partial charge < -0.3 is 15.7 Å². The van der Waals surface area contributed by atoms with E-state index in [1.165, 1.54) is 11.8 Å². The second-order valence-electron chi connectivity index (χ2n) is 7.02. The summed E-state index contributed by atoms with van der Waals surface area (Å²) in [6.07, 6.45) is -0.332. The number of carboxylic acid groups (broad SMARTS) is 1. The molecule has 33 heavy (non-hydrogen) atoms. The Morgan fingerprint density at radius 1 is 0.818 bits per heavy atom. The van der Waals surface area contributed by atoms with Crippen LogP contribution in [0.15, 0.2) is 77.7 Å². The van der Waals surface area contributed by atoms with Crippen LogP contribution in [-0.2, 0) is 14.4 Å². The lowest BCUT2D eigenvalue weighted by molar-refractivity contribution is -0.138. The lowest BCUT2D eigenvalue weighted by Gasteiger charge is -2.18. The first-order chi connectivity index (χ1) is 15.8. The molecule has 0 bridgehead atoms. The van der Waals surface area contributed by atoms with E-state index in [9.17, 15) is 14.4 Å². The average molecular weight is 503 g/mol. The average Bonchev–Trinajstić information content (AvgIpc) is 2.77. The smallest absolute Gasteiger partial charge is 0.303 e. The third kappa shape index (κ3) is 7.82. The van der Waals surface area contributed by atoms with Crippen LogP contribution in [-0.4, -0.2) is 22.9 Å². The van der Waals surface area contributed by atoms with E-state index in [1.54, 1.807) is 42.5 Å². The standard InChI is InChI=1S/C24H20Cl2N2O4S/c25-16-12-17(26)14-19(13-16)28-24(32)23(15-4-2-1-3-5-15)33-20-8-6-18(7-9-20)27-21(29)10-11-22(30)31/h1-9,12-14,23H,10-11H2,(H,27,29)(H,28,32)(H,30,31). The van der Waals surface area contributed by atoms with Gasteiger partial charge in [0.05, 0.1) is 6.42 Å². The van der Waals surface area contributed by atoms with Crippen molar-refractivity contribution in [2.24, 2.45) is 0 Å². The molecule has 170 valence electrons. The Kier molecular flexibility index (Phi) is 8.77. The van der Waals surface area contributed by atoms with E-state index >= 15 is 0 Å². The summed E-state index contributed by atoms with van der Waals surface area (Å²) in [6, 6.07) is 21.2. The highest BCUT2D eigenvalue weighted by atomic mass is 35.5. The van der Waals surface area contributed by atoms with Gasteiger partial charge in [-0.25, -0.2) is 0 Å². The van der Waals surface area contributed by atoms with Crippen molar-refractivity contribution < 1.29 is 19.5 Å². The normalized spacial score (nSPS) is 11.5. The molecule has 0 radical (unpaired) electrons. The number of anilines is 2. The molecule has 3 aromatic rings. The summed E-state index contributed by atoms with van der Waals surface area (Å²) in [7, 11) is 0. The number of amides is 2. The quantitative estimate of drug-likeness (QED) is 0.299. The van der Waals surface area contributed by atoms with Crippen molar-refractivity contribution in [2.45, 2.75) is 23.0 Å². The molecule has 9 heteroatoms. The first-order valence-corrected chi connectivity index (χ1v) is 11.5. The first kappa shape index (κ1) is 24.6. The number of benzene rings is 3. The third-order valence-corrected chi connectivity index (χ3v) is 6.13. The summed E-state index contributed by atoms with van der Waals surface area (Å²) in [5.41, 5.74) is 1.86. The van der Waals surface area contributed by atoms with Crippen molar-refractivity contribution >= 4 is 64.1 Å². The van der Waals surface area contributed by atoms with Gasteiger partial charge in [-0.1, -0.05) is 53.5 Å². The number of carbonyl (C=O) groups excluding carboxylic acids is 2. The van der Waals surface area contributed by atoms with Crippen LogP contribution in [0.25, 0.3) is 0 Å². The van der Waals surface area contributed by atoms with Crippen LogP contribution in [0.4, 0.5) is 11.4 Å². The molecule has 3 aromatic carbocycles. The molecule has 6 nitrogen and oxygen atoms in total. The Bertz CT molecular complexity index is 1120. The molecular weight excluding hydrogens is 483 g/mol. The fourth-order valence-electron chi connectivity index (χ4n) is 2.93. The molecule has 0 spiro atoms. The van der Waals surface area contributed by atoms with Gasteiger partial charge in [0, 0.05) is 32.7 Å². The van der Waals surface area contributed by atoms with Crippen LogP contribution in [0, 0.1) is 0 Å². The molecule has 0 aliphatic carbocycles. The zero-order valence-electron chi connectivity index (χ0n) is 17.3. The van der Waals surface area contributed by atoms with E-state index in [0.717, 1.165) is 10.5 Å². The molecule has 1 unspecified atom stereocenters. The van der Waals surface area contributed by atoms with E-state index in [0.29, 0.717) is 21.4 Å². The number of rotatable bonds is 9. The highest BCUT2D eigenvalue weighted by Crippen LogP contribution is 2.37. The largest absolute Gasteiger partial charge is 0.481 e. The van der Waals surface area contributed by atoms with Crippen molar-refractivity contribution in [1.82, 2.24) is 0 Å². The van der Waals surface area contributed by atoms with Crippen molar-refractivity contribution in [1.29, 1.82) is 0 Å². The van der Waals surface area contributed by atoms with E-state index < -0.39 is 11.2 Å². The minimum atomic E-state index is -1.03. The molecule has 0 aromatic heterocycles. The molecule has 1 atom stereocenters. The first-order valence-electron chi connectivity index (χ1n) is 9.90. The predicted molar refractivity (Wildman–Crippen MR) is 132 cm³/mol. The van der Waals surface area contributed by atoms with E-state index in [2.05, 4.69) is 10.6 Å². The minimum absolute atomic E-state index is 0.102. The fourth-order valence-corrected chi connectivity index (χ4v) is 4.48. The van der Waals surface area contributed by atoms with Gasteiger partial charge in [-0.3, -0.25) is 14.4 Å². The van der Waals surface area contributed by atoms with E-state index in [4.69, 9.17) is 28.3 Å². The summed E-state index contributed by atoms with van der Waals surface area (Å²) < 4.78 is 0. The highest BCUT2D eigenvalue weighted by Gasteiger charge is 2.22. The molecular formula is C24H20Cl2N2O4S. The minimum Gasteiger partial charge on any atom is -0.481 e. The molecule has 0 aliphatic rings. The van der Waals surface area contributed by atoms with E-state index in [1.807, 2.05) is 30.3 Å². The topological polar surface area (TPSA) is 95.5 Å². The number of carboxylic acids is 1. The number of hydrogen-bond acceptors (Lipinski definition) is 4. The summed E-state index contributed by atoms with van der Waals surface area (Å²) in [5.74, 6) is -1.64. The zero-order chi connectivity index (χ0) is 23.8. The maximum absolute atomic E-state index is 13.2. The van der Waals surface area contributed by atoms with Gasteiger partial charge in [0.1, 0.15) is 5.25 Å². The van der Waals surface area contributed by atoms with Crippen LogP contribution in [0.2, 0.25) is 10.0 Å². The van der Waals surface area contributed by atoms with Crippen LogP contribution >= 0.6 is 35.0 Å². The lowest BCUT2D eigenvalue weighted by Crippen LogP contribution is -2.19. The molecule has 0 saturated heterocycles. The summed E-state index contributed by atoms with van der Waals surface area (Å²) >= 11 is 13.4. The van der Waals surface area contributed by atoms with Crippen molar-refractivity contribution in [3.63, 3.8) is 0 Å². The van der Waals surface area contributed by atoms with Gasteiger partial charge in [-0.15, -0.1) is 11.8 Å². The van der Waals surface area contributed by atoms with Gasteiger partial charge in [-0.2, -0.15) is 0 Å². The Morgan fingerprint density at radius 2 is 1.45 bits per heavy atom. The summed E-state index contributed by atoms with van der Waals surface area (Å²) in [4.78, 5) is 36.4. The monoisotopic (exact) mass is 502 g/mol. The number of aliphatic carboxylic acids is 1. The molecule has 0 fully saturated rings. The second kappa shape index (κ2) is 11.7. The second-order valence-corrected chi connectivity index (χ2v) is 9.07. The maximum Gasteiger partial charge on any atom is 0.303 e. The van der Waals surface area contributed by atoms with Crippen LogP contribution in [0.1, 0.15) is 23.7 Å². The number of carbonyl (C=O) groups is 3. The van der Waals surface area contributed by atoms with Crippen LogP contribution in [0.3, 0.4) is 0 Å². The number of nitrogens with one attached hydrogen (secondary N) is 2. The SMILES string of the molecule is O=C(O)CCC(=O)Nc1ccc(SC(C(=O)Nc2cc(Cl)cc(Cl)c2)c2ccccc2)cc1. The van der Waals surface area contributed by atoms with Gasteiger partial charge in [0.15, 0.2) is 0 Å². The zero-order valence-corrected chi connectivity index (χ0v) is 19.6. The van der Waals surface area contributed by atoms with Crippen molar-refractivity contribution in [3.05, 3.63) is 88.4 Å². The Hall–Kier alpha value is -3.00. The summed E-state index contributed by atoms with van der Waals surface area (Å²) in [5, 5.41) is 14.5. The maximum atomic E-state index is 13.2. The molecule has 0 heterocycles. The number of thioether (sulfide) groups is 1. The molecule has 2 amide bonds. The Balaban J connectivity index is 1.73. The Labute approximate surface area is 205 Å². The van der Waals surface area contributed by atoms with Gasteiger partial charge in [-0.05, 0) is 48.0 Å². The van der Waals surface area contributed by atoms with Gasteiger partial charge in [0.25, 0.3) is 0 Å². The number of halogens is 2. The molecule has 3 N–H and O–H groups in total. The van der Waals surface area contributed by atoms with Crippen molar-refractivity contribution in [2.75, 3.05) is 10.6 Å². The lowest BCUT2D eigenvalue weighted by atomic mass is 10.1. The van der Waals surface area contributed by atoms with Crippen LogP contribution < -0.4 is 10.6 Å². The third-order valence-electron chi connectivity index (χ3n) is 4.43. The van der Waals surface area contributed by atoms with Crippen LogP contribution in [0.5, 0.6) is 0 Å². The molecule has 3 rings (SSSR count). The molecule has 0 aliphatic heterocycles. The summed E-state index contributed by atoms with van der Waals surface area (Å²) in [6.45, 7) is 0. The molecule has 0 saturated carbocycles. The number of hydrogen-bond donors (Lipinski definition) is 3. The highest BCUT2D eigenvalue weighted by molar-refractivity contribution is 8.00. The van der Waals surface area contributed by atoms with Gasteiger partial charge >= 0.3 is 5.97 Å².